The minimum absolute atomic E-state index is 0.189. The lowest BCUT2D eigenvalue weighted by Gasteiger charge is -2.11. The lowest BCUT2D eigenvalue weighted by molar-refractivity contribution is -0.141. The number of nitrogens with zero attached hydrogens (tertiary/aromatic N) is 2. The Morgan fingerprint density at radius 3 is 2.78 bits per heavy atom. The van der Waals surface area contributed by atoms with E-state index < -0.39 is 11.9 Å². The van der Waals surface area contributed by atoms with Crippen LogP contribution in [0.3, 0.4) is 0 Å². The summed E-state index contributed by atoms with van der Waals surface area (Å²) in [6.07, 6.45) is -4.06. The number of thiocarbonyl (C=S) groups is 1. The lowest BCUT2D eigenvalue weighted by Crippen LogP contribution is -2.29. The van der Waals surface area contributed by atoms with Crippen molar-refractivity contribution in [1.29, 1.82) is 0 Å². The number of ether oxygens (including phenoxy) is 2. The van der Waals surface area contributed by atoms with Crippen molar-refractivity contribution in [3.8, 4) is 11.5 Å². The van der Waals surface area contributed by atoms with E-state index in [4.69, 9.17) is 33.3 Å². The Hall–Kier alpha value is -2.20. The standard InChI is InChI=1S/C16H16ClF3N4O2S/c1-9-13(17)14(16(18,19)20)23-24(9)6-2-5-21-15(27)22-10-3-4-11-12(7-10)26-8-25-11/h3-4,7H,2,5-6,8H2,1H3,(H2,21,22,27). The number of benzene rings is 1. The molecule has 0 saturated heterocycles. The van der Waals surface area contributed by atoms with Gasteiger partial charge in [-0.25, -0.2) is 0 Å². The van der Waals surface area contributed by atoms with Crippen LogP contribution in [0, 0.1) is 6.92 Å². The molecular formula is C16H16ClF3N4O2S. The molecule has 0 radical (unpaired) electrons. The molecule has 146 valence electrons. The molecule has 0 unspecified atom stereocenters. The van der Waals surface area contributed by atoms with E-state index in [9.17, 15) is 13.2 Å². The molecule has 0 atom stereocenters. The van der Waals surface area contributed by atoms with Crippen LogP contribution in [0.25, 0.3) is 0 Å². The number of alkyl halides is 3. The van der Waals surface area contributed by atoms with Gasteiger partial charge in [0.05, 0.1) is 10.7 Å². The van der Waals surface area contributed by atoms with Crippen molar-refractivity contribution in [3.63, 3.8) is 0 Å². The van der Waals surface area contributed by atoms with Gasteiger partial charge in [-0.05, 0) is 37.7 Å². The first-order chi connectivity index (χ1) is 12.8. The van der Waals surface area contributed by atoms with E-state index in [1.807, 2.05) is 0 Å². The molecule has 0 saturated carbocycles. The Bertz CT molecular complexity index is 857. The van der Waals surface area contributed by atoms with Crippen molar-refractivity contribution in [2.45, 2.75) is 26.1 Å². The molecule has 3 rings (SSSR count). The molecule has 0 bridgehead atoms. The lowest BCUT2D eigenvalue weighted by atomic mass is 10.3. The molecule has 27 heavy (non-hydrogen) atoms. The Kier molecular flexibility index (Phi) is 5.66. The first-order valence-corrected chi connectivity index (χ1v) is 8.79. The predicted molar refractivity (Wildman–Crippen MR) is 98.4 cm³/mol. The van der Waals surface area contributed by atoms with Crippen LogP contribution in [-0.2, 0) is 12.7 Å². The summed E-state index contributed by atoms with van der Waals surface area (Å²) >= 11 is 10.9. The van der Waals surface area contributed by atoms with Gasteiger partial charge in [-0.3, -0.25) is 4.68 Å². The fraction of sp³-hybridized carbons (Fsp3) is 0.375. The van der Waals surface area contributed by atoms with Crippen molar-refractivity contribution in [1.82, 2.24) is 15.1 Å². The minimum atomic E-state index is -4.57. The number of hydrogen-bond donors (Lipinski definition) is 2. The van der Waals surface area contributed by atoms with Crippen molar-refractivity contribution < 1.29 is 22.6 Å². The van der Waals surface area contributed by atoms with Crippen molar-refractivity contribution >= 4 is 34.6 Å². The molecule has 0 fully saturated rings. The van der Waals surface area contributed by atoms with Gasteiger partial charge in [0.2, 0.25) is 6.79 Å². The molecule has 1 aromatic heterocycles. The van der Waals surface area contributed by atoms with Crippen LogP contribution < -0.4 is 20.1 Å². The normalized spacial score (nSPS) is 12.9. The fourth-order valence-corrected chi connectivity index (χ4v) is 2.97. The fourth-order valence-electron chi connectivity index (χ4n) is 2.50. The number of hydrogen-bond acceptors (Lipinski definition) is 4. The quantitative estimate of drug-likeness (QED) is 0.564. The van der Waals surface area contributed by atoms with Crippen molar-refractivity contribution in [2.24, 2.45) is 0 Å². The second kappa shape index (κ2) is 7.81. The maximum absolute atomic E-state index is 12.8. The van der Waals surface area contributed by atoms with Crippen molar-refractivity contribution in [3.05, 3.63) is 34.6 Å². The molecular weight excluding hydrogens is 405 g/mol. The molecule has 1 aliphatic rings. The number of nitrogens with one attached hydrogen (secondary N) is 2. The molecule has 2 aromatic rings. The maximum atomic E-state index is 12.8. The summed E-state index contributed by atoms with van der Waals surface area (Å²) in [5.74, 6) is 1.31. The van der Waals surface area contributed by atoms with Gasteiger partial charge < -0.3 is 20.1 Å². The largest absolute Gasteiger partial charge is 0.454 e. The number of aryl methyl sites for hydroxylation is 1. The summed E-state index contributed by atoms with van der Waals surface area (Å²) in [7, 11) is 0. The highest BCUT2D eigenvalue weighted by molar-refractivity contribution is 7.80. The van der Waals surface area contributed by atoms with Gasteiger partial charge in [-0.15, -0.1) is 0 Å². The average Bonchev–Trinajstić information content (AvgIpc) is 3.17. The molecule has 6 nitrogen and oxygen atoms in total. The van der Waals surface area contributed by atoms with Gasteiger partial charge in [0, 0.05) is 24.8 Å². The van der Waals surface area contributed by atoms with Gasteiger partial charge >= 0.3 is 6.18 Å². The summed E-state index contributed by atoms with van der Waals surface area (Å²) in [6.45, 7) is 2.42. The van der Waals surface area contributed by atoms with E-state index in [-0.39, 0.29) is 24.1 Å². The predicted octanol–water partition coefficient (Wildman–Crippen LogP) is 3.97. The highest BCUT2D eigenvalue weighted by atomic mass is 35.5. The van der Waals surface area contributed by atoms with Gasteiger partial charge in [-0.2, -0.15) is 18.3 Å². The summed E-state index contributed by atoms with van der Waals surface area (Å²) in [5, 5.41) is 9.58. The number of aromatic nitrogens is 2. The second-order valence-electron chi connectivity index (χ2n) is 5.77. The zero-order valence-corrected chi connectivity index (χ0v) is 15.8. The summed E-state index contributed by atoms with van der Waals surface area (Å²) in [4.78, 5) is 0. The summed E-state index contributed by atoms with van der Waals surface area (Å²) < 4.78 is 50.2. The molecule has 0 aliphatic carbocycles. The average molecular weight is 421 g/mol. The van der Waals surface area contributed by atoms with Gasteiger partial charge in [0.15, 0.2) is 22.3 Å². The van der Waals surface area contributed by atoms with E-state index in [1.165, 1.54) is 11.6 Å². The van der Waals surface area contributed by atoms with Crippen LogP contribution in [-0.4, -0.2) is 28.2 Å². The van der Waals surface area contributed by atoms with E-state index in [1.54, 1.807) is 18.2 Å². The van der Waals surface area contributed by atoms with E-state index in [0.29, 0.717) is 29.6 Å². The van der Waals surface area contributed by atoms with Crippen molar-refractivity contribution in [2.75, 3.05) is 18.7 Å². The van der Waals surface area contributed by atoms with E-state index >= 15 is 0 Å². The molecule has 1 aromatic carbocycles. The first-order valence-electron chi connectivity index (χ1n) is 8.00. The summed E-state index contributed by atoms with van der Waals surface area (Å²) in [5.41, 5.74) is -0.0408. The highest BCUT2D eigenvalue weighted by Gasteiger charge is 2.38. The van der Waals surface area contributed by atoms with Crippen LogP contribution in [0.1, 0.15) is 17.8 Å². The molecule has 2 N–H and O–H groups in total. The molecule has 0 amide bonds. The molecule has 2 heterocycles. The first kappa shape index (κ1) is 19.6. The van der Waals surface area contributed by atoms with Crippen LogP contribution in [0.4, 0.5) is 18.9 Å². The number of anilines is 1. The zero-order valence-electron chi connectivity index (χ0n) is 14.2. The molecule has 11 heteroatoms. The number of rotatable bonds is 5. The highest BCUT2D eigenvalue weighted by Crippen LogP contribution is 2.35. The third kappa shape index (κ3) is 4.56. The van der Waals surface area contributed by atoms with Gasteiger partial charge in [-0.1, -0.05) is 11.6 Å². The van der Waals surface area contributed by atoms with Crippen LogP contribution in [0.5, 0.6) is 11.5 Å². The minimum Gasteiger partial charge on any atom is -0.454 e. The van der Waals surface area contributed by atoms with Crippen LogP contribution in [0.15, 0.2) is 18.2 Å². The Morgan fingerprint density at radius 1 is 1.33 bits per heavy atom. The number of fused-ring (bicyclic) bond motifs is 1. The van der Waals surface area contributed by atoms with Crippen LogP contribution in [0.2, 0.25) is 5.02 Å². The maximum Gasteiger partial charge on any atom is 0.436 e. The smallest absolute Gasteiger partial charge is 0.436 e. The Labute approximate surface area is 163 Å². The Morgan fingerprint density at radius 2 is 2.07 bits per heavy atom. The van der Waals surface area contributed by atoms with Gasteiger partial charge in [0.25, 0.3) is 0 Å². The van der Waals surface area contributed by atoms with Gasteiger partial charge in [0.1, 0.15) is 0 Å². The Balaban J connectivity index is 1.47. The second-order valence-corrected chi connectivity index (χ2v) is 6.56. The van der Waals surface area contributed by atoms with E-state index in [2.05, 4.69) is 15.7 Å². The monoisotopic (exact) mass is 420 g/mol. The zero-order chi connectivity index (χ0) is 19.6. The topological polar surface area (TPSA) is 60.3 Å². The van der Waals surface area contributed by atoms with Crippen LogP contribution >= 0.6 is 23.8 Å². The SMILES string of the molecule is Cc1c(Cl)c(C(F)(F)F)nn1CCCNC(=S)Nc1ccc2c(c1)OCO2. The summed E-state index contributed by atoms with van der Waals surface area (Å²) in [6, 6.07) is 5.34. The third-order valence-electron chi connectivity index (χ3n) is 3.86. The van der Waals surface area contributed by atoms with E-state index in [0.717, 1.165) is 5.69 Å². The number of halogens is 4. The molecule has 1 aliphatic heterocycles. The third-order valence-corrected chi connectivity index (χ3v) is 4.56. The molecule has 0 spiro atoms.